The van der Waals surface area contributed by atoms with Gasteiger partial charge in [0.2, 0.25) is 0 Å². The lowest BCUT2D eigenvalue weighted by atomic mass is 10.0. The summed E-state index contributed by atoms with van der Waals surface area (Å²) >= 11 is 0. The first-order chi connectivity index (χ1) is 15.9. The predicted octanol–water partition coefficient (Wildman–Crippen LogP) is 1.19. The van der Waals surface area contributed by atoms with Gasteiger partial charge in [-0.25, -0.2) is 8.42 Å². The molecule has 0 radical (unpaired) electrons. The zero-order chi connectivity index (χ0) is 23.3. The highest BCUT2D eigenvalue weighted by atomic mass is 35.5. The fraction of sp³-hybridized carbons (Fsp3) is 0.269. The number of halogens is 1. The molecule has 1 saturated heterocycles. The van der Waals surface area contributed by atoms with Crippen molar-refractivity contribution >= 4 is 21.6 Å². The van der Waals surface area contributed by atoms with E-state index in [2.05, 4.69) is 27.1 Å². The Morgan fingerprint density at radius 2 is 1.62 bits per heavy atom. The molecule has 4 rings (SSSR count). The molecule has 180 valence electrons. The summed E-state index contributed by atoms with van der Waals surface area (Å²) in [6, 6.07) is 23.7. The zero-order valence-corrected chi connectivity index (χ0v) is 20.6. The monoisotopic (exact) mass is 498 g/mol. The van der Waals surface area contributed by atoms with Crippen molar-refractivity contribution in [1.82, 2.24) is 10.2 Å². The smallest absolute Gasteiger partial charge is 0.261 e. The van der Waals surface area contributed by atoms with E-state index in [0.717, 1.165) is 38.0 Å². The van der Waals surface area contributed by atoms with E-state index < -0.39 is 10.0 Å². The summed E-state index contributed by atoms with van der Waals surface area (Å²) in [5.41, 5.74) is 3.16. The predicted molar refractivity (Wildman–Crippen MR) is 131 cm³/mol. The maximum Gasteiger partial charge on any atom is 0.261 e. The van der Waals surface area contributed by atoms with Crippen molar-refractivity contribution in [2.75, 3.05) is 17.8 Å². The molecule has 0 saturated carbocycles. The van der Waals surface area contributed by atoms with Gasteiger partial charge >= 0.3 is 0 Å². The number of nitrogens with one attached hydrogen (secondary N) is 2. The molecule has 0 unspecified atom stereocenters. The van der Waals surface area contributed by atoms with E-state index in [1.807, 2.05) is 37.3 Å². The lowest BCUT2D eigenvalue weighted by Gasteiger charge is -2.32. The van der Waals surface area contributed by atoms with Gasteiger partial charge in [-0.3, -0.25) is 14.4 Å². The number of nitrogens with zero attached hydrogens (tertiary/aromatic N) is 1. The summed E-state index contributed by atoms with van der Waals surface area (Å²) in [6.07, 6.45) is 1.73. The van der Waals surface area contributed by atoms with Crippen LogP contribution in [-0.4, -0.2) is 38.4 Å². The van der Waals surface area contributed by atoms with Crippen LogP contribution in [0.3, 0.4) is 0 Å². The van der Waals surface area contributed by atoms with Gasteiger partial charge in [-0.15, -0.1) is 0 Å². The molecule has 0 bridgehead atoms. The third-order valence-electron chi connectivity index (χ3n) is 5.88. The minimum Gasteiger partial charge on any atom is -1.00 e. The fourth-order valence-electron chi connectivity index (χ4n) is 3.99. The molecule has 8 heteroatoms. The van der Waals surface area contributed by atoms with Crippen molar-refractivity contribution in [3.05, 3.63) is 95.6 Å². The van der Waals surface area contributed by atoms with Gasteiger partial charge in [-0.05, 0) is 55.7 Å². The van der Waals surface area contributed by atoms with Gasteiger partial charge in [-0.2, -0.15) is 0 Å². The standard InChI is InChI=1S/C26H29N3O3S.ClH/c1-20-10-12-24(13-11-20)28-33(31,32)25-9-5-8-22(18-25)26(30)27-23-14-16-29(17-15-23)19-21-6-3-2-4-7-21;/h2-13,18,23,28H,14-17,19H2,1H3,(H,27,30);1H/p-1. The van der Waals surface area contributed by atoms with Gasteiger partial charge in [0, 0.05) is 36.9 Å². The zero-order valence-electron chi connectivity index (χ0n) is 19.1. The maximum absolute atomic E-state index is 12.8. The van der Waals surface area contributed by atoms with Crippen LogP contribution in [0, 0.1) is 6.92 Å². The lowest BCUT2D eigenvalue weighted by molar-refractivity contribution is -0.0000180. The van der Waals surface area contributed by atoms with E-state index in [4.69, 9.17) is 0 Å². The molecule has 3 aromatic carbocycles. The lowest BCUT2D eigenvalue weighted by Crippen LogP contribution is -3.00. The largest absolute Gasteiger partial charge is 1.00 e. The molecule has 0 aromatic heterocycles. The van der Waals surface area contributed by atoms with Crippen LogP contribution >= 0.6 is 0 Å². The van der Waals surface area contributed by atoms with Crippen molar-refractivity contribution in [3.8, 4) is 0 Å². The highest BCUT2D eigenvalue weighted by molar-refractivity contribution is 7.92. The number of aryl methyl sites for hydroxylation is 1. The Kier molecular flexibility index (Phi) is 8.72. The van der Waals surface area contributed by atoms with E-state index >= 15 is 0 Å². The summed E-state index contributed by atoms with van der Waals surface area (Å²) in [5.74, 6) is -0.246. The molecular weight excluding hydrogens is 470 g/mol. The highest BCUT2D eigenvalue weighted by Gasteiger charge is 2.22. The van der Waals surface area contributed by atoms with Gasteiger partial charge in [0.1, 0.15) is 0 Å². The van der Waals surface area contributed by atoms with Gasteiger partial charge in [0.15, 0.2) is 0 Å². The number of hydrogen-bond donors (Lipinski definition) is 2. The summed E-state index contributed by atoms with van der Waals surface area (Å²) in [6.45, 7) is 4.67. The van der Waals surface area contributed by atoms with Crippen LogP contribution in [0.5, 0.6) is 0 Å². The second-order valence-corrected chi connectivity index (χ2v) is 10.2. The normalized spacial score (nSPS) is 14.7. The Morgan fingerprint density at radius 3 is 2.29 bits per heavy atom. The SMILES string of the molecule is Cc1ccc(NS(=O)(=O)c2cccc(C(=O)NC3CCN(Cc4ccccc4)CC3)c2)cc1.[Cl-]. The number of rotatable bonds is 7. The second-order valence-electron chi connectivity index (χ2n) is 8.51. The van der Waals surface area contributed by atoms with Crippen molar-refractivity contribution in [2.45, 2.75) is 37.2 Å². The number of carbonyl (C=O) groups is 1. The number of anilines is 1. The number of amides is 1. The first-order valence-corrected chi connectivity index (χ1v) is 12.6. The van der Waals surface area contributed by atoms with Gasteiger partial charge in [-0.1, -0.05) is 54.1 Å². The van der Waals surface area contributed by atoms with Crippen LogP contribution in [0.4, 0.5) is 5.69 Å². The molecule has 1 aliphatic heterocycles. The topological polar surface area (TPSA) is 78.5 Å². The van der Waals surface area contributed by atoms with Crippen LogP contribution in [-0.2, 0) is 16.6 Å². The highest BCUT2D eigenvalue weighted by Crippen LogP contribution is 2.19. The van der Waals surface area contributed by atoms with E-state index in [1.54, 1.807) is 24.3 Å². The number of carbonyl (C=O) groups excluding carboxylic acids is 1. The van der Waals surface area contributed by atoms with Crippen LogP contribution in [0.1, 0.15) is 34.3 Å². The molecule has 1 heterocycles. The Balaban J connectivity index is 0.00000324. The van der Waals surface area contributed by atoms with Crippen molar-refractivity contribution in [2.24, 2.45) is 0 Å². The quantitative estimate of drug-likeness (QED) is 0.513. The molecule has 34 heavy (non-hydrogen) atoms. The van der Waals surface area contributed by atoms with Crippen molar-refractivity contribution < 1.29 is 25.6 Å². The second kappa shape index (κ2) is 11.5. The van der Waals surface area contributed by atoms with E-state index in [-0.39, 0.29) is 29.3 Å². The number of sulfonamides is 1. The summed E-state index contributed by atoms with van der Waals surface area (Å²) in [5, 5.41) is 3.07. The number of likely N-dealkylation sites (tertiary alicyclic amines) is 1. The Labute approximate surface area is 207 Å². The maximum atomic E-state index is 12.8. The first-order valence-electron chi connectivity index (χ1n) is 11.2. The number of piperidine rings is 1. The molecule has 3 aromatic rings. The van der Waals surface area contributed by atoms with Crippen molar-refractivity contribution in [1.29, 1.82) is 0 Å². The summed E-state index contributed by atoms with van der Waals surface area (Å²) in [4.78, 5) is 15.3. The minimum absolute atomic E-state index is 0. The summed E-state index contributed by atoms with van der Waals surface area (Å²) in [7, 11) is -3.79. The van der Waals surface area contributed by atoms with Crippen LogP contribution in [0.15, 0.2) is 83.8 Å². The fourth-order valence-corrected chi connectivity index (χ4v) is 5.09. The molecule has 0 spiro atoms. The molecule has 1 fully saturated rings. The Morgan fingerprint density at radius 1 is 0.941 bits per heavy atom. The van der Waals surface area contributed by atoms with E-state index in [9.17, 15) is 13.2 Å². The molecular formula is C26H29ClN3O3S-. The molecule has 1 amide bonds. The van der Waals surface area contributed by atoms with Crippen molar-refractivity contribution in [3.63, 3.8) is 0 Å². The van der Waals surface area contributed by atoms with Gasteiger partial charge < -0.3 is 17.7 Å². The average molecular weight is 499 g/mol. The van der Waals surface area contributed by atoms with Crippen LogP contribution in [0.25, 0.3) is 0 Å². The minimum atomic E-state index is -3.79. The van der Waals surface area contributed by atoms with Crippen LogP contribution < -0.4 is 22.4 Å². The number of hydrogen-bond acceptors (Lipinski definition) is 4. The molecule has 0 atom stereocenters. The third kappa shape index (κ3) is 6.82. The Bertz CT molecular complexity index is 1190. The van der Waals surface area contributed by atoms with Gasteiger partial charge in [0.05, 0.1) is 4.90 Å². The summed E-state index contributed by atoms with van der Waals surface area (Å²) < 4.78 is 28.1. The number of benzene rings is 3. The molecule has 6 nitrogen and oxygen atoms in total. The average Bonchev–Trinajstić information content (AvgIpc) is 2.82. The van der Waals surface area contributed by atoms with Gasteiger partial charge in [0.25, 0.3) is 15.9 Å². The van der Waals surface area contributed by atoms with E-state index in [1.165, 1.54) is 17.7 Å². The molecule has 2 N–H and O–H groups in total. The molecule has 0 aliphatic carbocycles. The van der Waals surface area contributed by atoms with E-state index in [0.29, 0.717) is 11.3 Å². The Hall–Kier alpha value is -2.87. The first kappa shape index (κ1) is 25.7. The third-order valence-corrected chi connectivity index (χ3v) is 7.26. The van der Waals surface area contributed by atoms with Crippen LogP contribution in [0.2, 0.25) is 0 Å². The molecule has 1 aliphatic rings.